The van der Waals surface area contributed by atoms with E-state index in [1.807, 2.05) is 0 Å². The fraction of sp³-hybridized carbons (Fsp3) is 0.0714. The molecule has 0 atom stereocenters. The molecule has 20 heavy (non-hydrogen) atoms. The second-order valence-electron chi connectivity index (χ2n) is 4.01. The quantitative estimate of drug-likeness (QED) is 0.841. The Morgan fingerprint density at radius 2 is 2.05 bits per heavy atom. The van der Waals surface area contributed by atoms with Gasteiger partial charge in [-0.15, -0.1) is 0 Å². The van der Waals surface area contributed by atoms with Crippen molar-refractivity contribution in [3.05, 3.63) is 52.8 Å². The summed E-state index contributed by atoms with van der Waals surface area (Å²) in [6, 6.07) is 10.8. The Balaban J connectivity index is 1.96. The summed E-state index contributed by atoms with van der Waals surface area (Å²) in [5.41, 5.74) is 6.55. The lowest BCUT2D eigenvalue weighted by atomic mass is 10.3. The average Bonchev–Trinajstić information content (AvgIpc) is 2.38. The van der Waals surface area contributed by atoms with Gasteiger partial charge in [-0.1, -0.05) is 12.1 Å². The predicted molar refractivity (Wildman–Crippen MR) is 79.1 cm³/mol. The van der Waals surface area contributed by atoms with E-state index < -0.39 is 11.7 Å². The molecule has 0 aliphatic rings. The van der Waals surface area contributed by atoms with E-state index in [0.717, 1.165) is 0 Å². The van der Waals surface area contributed by atoms with Crippen molar-refractivity contribution in [1.82, 2.24) is 0 Å². The summed E-state index contributed by atoms with van der Waals surface area (Å²) in [6.45, 7) is -0.219. The first-order chi connectivity index (χ1) is 9.56. The number of para-hydroxylation sites is 1. The zero-order valence-corrected chi connectivity index (χ0v) is 12.0. The van der Waals surface area contributed by atoms with E-state index in [0.29, 0.717) is 21.6 Å². The van der Waals surface area contributed by atoms with Crippen molar-refractivity contribution >= 4 is 33.2 Å². The van der Waals surface area contributed by atoms with Crippen LogP contribution >= 0.6 is 15.9 Å². The maximum atomic E-state index is 13.0. The van der Waals surface area contributed by atoms with Gasteiger partial charge in [0, 0.05) is 5.69 Å². The maximum absolute atomic E-state index is 13.0. The third-order valence-corrected chi connectivity index (χ3v) is 3.08. The maximum Gasteiger partial charge on any atom is 0.262 e. The molecule has 0 saturated heterocycles. The van der Waals surface area contributed by atoms with Crippen LogP contribution in [-0.4, -0.2) is 12.5 Å². The molecule has 0 aliphatic carbocycles. The highest BCUT2D eigenvalue weighted by atomic mass is 79.9. The van der Waals surface area contributed by atoms with E-state index >= 15 is 0 Å². The number of nitrogen functional groups attached to an aromatic ring is 1. The van der Waals surface area contributed by atoms with E-state index in [4.69, 9.17) is 10.5 Å². The van der Waals surface area contributed by atoms with Crippen molar-refractivity contribution in [1.29, 1.82) is 0 Å². The Labute approximate surface area is 123 Å². The minimum absolute atomic E-state index is 0.219. The molecule has 104 valence electrons. The predicted octanol–water partition coefficient (Wildman–Crippen LogP) is 3.19. The number of carbonyl (C=O) groups is 1. The van der Waals surface area contributed by atoms with Crippen LogP contribution in [0, 0.1) is 5.82 Å². The highest BCUT2D eigenvalue weighted by Crippen LogP contribution is 2.30. The highest BCUT2D eigenvalue weighted by Gasteiger charge is 2.09. The van der Waals surface area contributed by atoms with E-state index in [-0.39, 0.29) is 6.61 Å². The van der Waals surface area contributed by atoms with Gasteiger partial charge in [-0.05, 0) is 46.3 Å². The Bertz CT molecular complexity index is 614. The summed E-state index contributed by atoms with van der Waals surface area (Å²) >= 11 is 3.29. The molecule has 2 aromatic carbocycles. The molecule has 0 saturated carbocycles. The number of carbonyl (C=O) groups excluding carboxylic acids is 1. The van der Waals surface area contributed by atoms with E-state index in [2.05, 4.69) is 21.2 Å². The first kappa shape index (κ1) is 14.3. The summed E-state index contributed by atoms with van der Waals surface area (Å²) < 4.78 is 19.0. The number of benzene rings is 2. The van der Waals surface area contributed by atoms with Crippen LogP contribution in [0.4, 0.5) is 15.8 Å². The van der Waals surface area contributed by atoms with E-state index in [1.54, 1.807) is 24.3 Å². The third-order valence-electron chi connectivity index (χ3n) is 2.45. The molecular weight excluding hydrogens is 327 g/mol. The van der Waals surface area contributed by atoms with Crippen molar-refractivity contribution in [2.45, 2.75) is 0 Å². The highest BCUT2D eigenvalue weighted by molar-refractivity contribution is 9.10. The van der Waals surface area contributed by atoms with Gasteiger partial charge in [-0.25, -0.2) is 4.39 Å². The summed E-state index contributed by atoms with van der Waals surface area (Å²) in [5.74, 6) is -0.411. The molecule has 4 nitrogen and oxygen atoms in total. The molecule has 0 spiro atoms. The second-order valence-corrected chi connectivity index (χ2v) is 4.86. The first-order valence-corrected chi connectivity index (χ1v) is 6.58. The lowest BCUT2D eigenvalue weighted by Gasteiger charge is -2.10. The molecular formula is C14H12BrFN2O2. The Morgan fingerprint density at radius 1 is 1.30 bits per heavy atom. The minimum atomic E-state index is -0.418. The Hall–Kier alpha value is -2.08. The summed E-state index contributed by atoms with van der Waals surface area (Å²) in [4.78, 5) is 11.7. The van der Waals surface area contributed by atoms with E-state index in [1.165, 1.54) is 18.2 Å². The monoisotopic (exact) mass is 338 g/mol. The van der Waals surface area contributed by atoms with Crippen LogP contribution in [0.3, 0.4) is 0 Å². The number of hydrogen-bond donors (Lipinski definition) is 2. The summed E-state index contributed by atoms with van der Waals surface area (Å²) in [5, 5.41) is 2.53. The second kappa shape index (κ2) is 6.38. The van der Waals surface area contributed by atoms with Gasteiger partial charge in [0.15, 0.2) is 12.4 Å². The molecule has 0 fully saturated rings. The van der Waals surface area contributed by atoms with Crippen LogP contribution in [-0.2, 0) is 4.79 Å². The molecule has 6 heteroatoms. The van der Waals surface area contributed by atoms with E-state index in [9.17, 15) is 9.18 Å². The van der Waals surface area contributed by atoms with Gasteiger partial charge in [0.25, 0.3) is 5.91 Å². The SMILES string of the molecule is Nc1cccc(Br)c1OCC(=O)Nc1cccc(F)c1. The normalized spacial score (nSPS) is 10.1. The zero-order valence-electron chi connectivity index (χ0n) is 10.4. The summed E-state index contributed by atoms with van der Waals surface area (Å²) in [7, 11) is 0. The van der Waals surface area contributed by atoms with Crippen molar-refractivity contribution in [3.63, 3.8) is 0 Å². The van der Waals surface area contributed by atoms with Gasteiger partial charge < -0.3 is 15.8 Å². The first-order valence-electron chi connectivity index (χ1n) is 5.78. The van der Waals surface area contributed by atoms with Crippen molar-refractivity contribution in [3.8, 4) is 5.75 Å². The lowest BCUT2D eigenvalue weighted by molar-refractivity contribution is -0.118. The standard InChI is InChI=1S/C14H12BrFN2O2/c15-11-5-2-6-12(17)14(11)20-8-13(19)18-10-4-1-3-9(16)7-10/h1-7H,8,17H2,(H,18,19). The molecule has 0 aliphatic heterocycles. The number of hydrogen-bond acceptors (Lipinski definition) is 3. The van der Waals surface area contributed by atoms with Gasteiger partial charge in [0.2, 0.25) is 0 Å². The van der Waals surface area contributed by atoms with Gasteiger partial charge in [0.1, 0.15) is 5.82 Å². The molecule has 0 bridgehead atoms. The van der Waals surface area contributed by atoms with Crippen molar-refractivity contribution in [2.24, 2.45) is 0 Å². The number of nitrogens with one attached hydrogen (secondary N) is 1. The van der Waals surface area contributed by atoms with Gasteiger partial charge in [0.05, 0.1) is 10.2 Å². The molecule has 1 amide bonds. The van der Waals surface area contributed by atoms with Crippen LogP contribution in [0.2, 0.25) is 0 Å². The van der Waals surface area contributed by atoms with Crippen LogP contribution in [0.1, 0.15) is 0 Å². The number of ether oxygens (including phenoxy) is 1. The number of nitrogens with two attached hydrogens (primary N) is 1. The van der Waals surface area contributed by atoms with Gasteiger partial charge in [-0.3, -0.25) is 4.79 Å². The molecule has 0 radical (unpaired) electrons. The minimum Gasteiger partial charge on any atom is -0.480 e. The molecule has 2 aromatic rings. The summed E-state index contributed by atoms with van der Waals surface area (Å²) in [6.07, 6.45) is 0. The topological polar surface area (TPSA) is 64.3 Å². The smallest absolute Gasteiger partial charge is 0.262 e. The fourth-order valence-corrected chi connectivity index (χ4v) is 2.07. The van der Waals surface area contributed by atoms with Crippen LogP contribution in [0.25, 0.3) is 0 Å². The number of amides is 1. The molecule has 2 rings (SSSR count). The van der Waals surface area contributed by atoms with Gasteiger partial charge >= 0.3 is 0 Å². The molecule has 0 aromatic heterocycles. The molecule has 3 N–H and O–H groups in total. The third kappa shape index (κ3) is 3.71. The number of rotatable bonds is 4. The Kier molecular flexibility index (Phi) is 4.57. The lowest BCUT2D eigenvalue weighted by Crippen LogP contribution is -2.20. The number of halogens is 2. The zero-order chi connectivity index (χ0) is 14.5. The molecule has 0 unspecified atom stereocenters. The van der Waals surface area contributed by atoms with Crippen LogP contribution in [0.15, 0.2) is 46.9 Å². The largest absolute Gasteiger partial charge is 0.480 e. The van der Waals surface area contributed by atoms with Crippen molar-refractivity contribution < 1.29 is 13.9 Å². The van der Waals surface area contributed by atoms with Crippen LogP contribution in [0.5, 0.6) is 5.75 Å². The fourth-order valence-electron chi connectivity index (χ4n) is 1.58. The van der Waals surface area contributed by atoms with Gasteiger partial charge in [-0.2, -0.15) is 0 Å². The Morgan fingerprint density at radius 3 is 2.75 bits per heavy atom. The number of anilines is 2. The average molecular weight is 339 g/mol. The van der Waals surface area contributed by atoms with Crippen molar-refractivity contribution in [2.75, 3.05) is 17.7 Å². The van der Waals surface area contributed by atoms with Crippen LogP contribution < -0.4 is 15.8 Å². The molecule has 0 heterocycles.